The largest absolute Gasteiger partial charge is 0.343 e. The number of ketones is 1. The number of likely N-dealkylation sites (tertiary alicyclic amines) is 1. The van der Waals surface area contributed by atoms with Gasteiger partial charge in [-0.25, -0.2) is 9.97 Å². The number of carbonyl (C=O) groups excluding carboxylic acids is 1. The molecule has 2 heterocycles. The molecule has 0 aliphatic carbocycles. The molecule has 5 nitrogen and oxygen atoms in total. The zero-order valence-corrected chi connectivity index (χ0v) is 12.0. The van der Waals surface area contributed by atoms with Crippen molar-refractivity contribution in [3.8, 4) is 0 Å². The Bertz CT molecular complexity index is 432. The molecule has 1 atom stereocenters. The molecule has 2 rings (SSSR count). The van der Waals surface area contributed by atoms with E-state index in [1.54, 1.807) is 6.92 Å². The summed E-state index contributed by atoms with van der Waals surface area (Å²) >= 11 is 0. The van der Waals surface area contributed by atoms with Crippen molar-refractivity contribution in [1.82, 2.24) is 14.9 Å². The highest BCUT2D eigenvalue weighted by Gasteiger charge is 2.21. The van der Waals surface area contributed by atoms with Gasteiger partial charge in [0.15, 0.2) is 0 Å². The van der Waals surface area contributed by atoms with E-state index >= 15 is 0 Å². The van der Waals surface area contributed by atoms with E-state index in [4.69, 9.17) is 0 Å². The quantitative estimate of drug-likeness (QED) is 0.801. The number of anilines is 1. The van der Waals surface area contributed by atoms with E-state index in [9.17, 15) is 4.79 Å². The average molecular weight is 262 g/mol. The maximum atomic E-state index is 11.0. The summed E-state index contributed by atoms with van der Waals surface area (Å²) in [6, 6.07) is 0. The van der Waals surface area contributed by atoms with Gasteiger partial charge in [0.05, 0.1) is 0 Å². The van der Waals surface area contributed by atoms with Crippen molar-refractivity contribution in [2.75, 3.05) is 38.6 Å². The zero-order chi connectivity index (χ0) is 13.8. The summed E-state index contributed by atoms with van der Waals surface area (Å²) in [6.07, 6.45) is 5.57. The van der Waals surface area contributed by atoms with E-state index in [2.05, 4.69) is 21.9 Å². The lowest BCUT2D eigenvalue weighted by molar-refractivity contribution is -0.116. The van der Waals surface area contributed by atoms with Crippen molar-refractivity contribution < 1.29 is 4.79 Å². The van der Waals surface area contributed by atoms with Gasteiger partial charge >= 0.3 is 0 Å². The van der Waals surface area contributed by atoms with Crippen LogP contribution in [-0.2, 0) is 4.79 Å². The molecule has 1 aromatic rings. The smallest absolute Gasteiger partial charge is 0.225 e. The van der Waals surface area contributed by atoms with E-state index in [1.165, 1.54) is 12.0 Å². The summed E-state index contributed by atoms with van der Waals surface area (Å²) in [7, 11) is 4.06. The van der Waals surface area contributed by atoms with Gasteiger partial charge in [-0.15, -0.1) is 0 Å². The van der Waals surface area contributed by atoms with Crippen LogP contribution in [0, 0.1) is 0 Å². The summed E-state index contributed by atoms with van der Waals surface area (Å²) in [6.45, 7) is 4.50. The van der Waals surface area contributed by atoms with Gasteiger partial charge in [0.2, 0.25) is 5.95 Å². The summed E-state index contributed by atoms with van der Waals surface area (Å²) in [5, 5.41) is 0. The normalized spacial score (nSPS) is 19.6. The minimum Gasteiger partial charge on any atom is -0.343 e. The highest BCUT2D eigenvalue weighted by Crippen LogP contribution is 2.25. The third-order valence-corrected chi connectivity index (χ3v) is 3.66. The molecule has 19 heavy (non-hydrogen) atoms. The number of likely N-dealkylation sites (N-methyl/N-ethyl adjacent to an activating group) is 1. The minimum atomic E-state index is 0.192. The van der Waals surface area contributed by atoms with Crippen LogP contribution in [0.1, 0.15) is 31.2 Å². The average Bonchev–Trinajstić information content (AvgIpc) is 2.83. The number of nitrogens with zero attached hydrogens (tertiary/aromatic N) is 4. The second-order valence-corrected chi connectivity index (χ2v) is 5.44. The molecule has 0 spiro atoms. The van der Waals surface area contributed by atoms with Crippen LogP contribution in [0.25, 0.3) is 0 Å². The van der Waals surface area contributed by atoms with Crippen LogP contribution in [-0.4, -0.2) is 54.4 Å². The molecule has 0 saturated carbocycles. The van der Waals surface area contributed by atoms with E-state index < -0.39 is 0 Å². The Morgan fingerprint density at radius 3 is 2.68 bits per heavy atom. The Morgan fingerprint density at radius 2 is 2.16 bits per heavy atom. The lowest BCUT2D eigenvalue weighted by Gasteiger charge is -2.17. The minimum absolute atomic E-state index is 0.192. The van der Waals surface area contributed by atoms with Gasteiger partial charge in [0, 0.05) is 44.9 Å². The fraction of sp³-hybridized carbons (Fsp3) is 0.643. The summed E-state index contributed by atoms with van der Waals surface area (Å²) < 4.78 is 0. The molecule has 1 saturated heterocycles. The maximum Gasteiger partial charge on any atom is 0.225 e. The van der Waals surface area contributed by atoms with E-state index in [0.717, 1.165) is 13.1 Å². The van der Waals surface area contributed by atoms with Crippen LogP contribution < -0.4 is 4.90 Å². The molecule has 1 fully saturated rings. The summed E-state index contributed by atoms with van der Waals surface area (Å²) in [5.74, 6) is 1.44. The zero-order valence-electron chi connectivity index (χ0n) is 12.0. The first-order valence-corrected chi connectivity index (χ1v) is 6.77. The van der Waals surface area contributed by atoms with Crippen LogP contribution in [0.5, 0.6) is 0 Å². The SMILES string of the molecule is CC(=O)CCN(C)c1ncc(C2CCN(C)C2)cn1. The molecule has 0 N–H and O–H groups in total. The molecule has 0 aromatic carbocycles. The summed E-state index contributed by atoms with van der Waals surface area (Å²) in [5.41, 5.74) is 1.22. The van der Waals surface area contributed by atoms with Gasteiger partial charge in [0.25, 0.3) is 0 Å². The molecule has 0 amide bonds. The maximum absolute atomic E-state index is 11.0. The highest BCUT2D eigenvalue weighted by molar-refractivity contribution is 5.75. The Morgan fingerprint density at radius 1 is 1.47 bits per heavy atom. The van der Waals surface area contributed by atoms with Crippen LogP contribution in [0.15, 0.2) is 12.4 Å². The van der Waals surface area contributed by atoms with Gasteiger partial charge in [-0.2, -0.15) is 0 Å². The molecule has 1 aromatic heterocycles. The predicted molar refractivity (Wildman–Crippen MR) is 75.5 cm³/mol. The second-order valence-electron chi connectivity index (χ2n) is 5.44. The number of rotatable bonds is 5. The molecular weight excluding hydrogens is 240 g/mol. The second kappa shape index (κ2) is 6.10. The van der Waals surface area contributed by atoms with Gasteiger partial charge < -0.3 is 9.80 Å². The van der Waals surface area contributed by atoms with E-state index in [1.807, 2.05) is 24.3 Å². The third-order valence-electron chi connectivity index (χ3n) is 3.66. The number of hydrogen-bond acceptors (Lipinski definition) is 5. The first-order chi connectivity index (χ1) is 9.06. The fourth-order valence-corrected chi connectivity index (χ4v) is 2.37. The molecule has 0 radical (unpaired) electrons. The molecule has 1 unspecified atom stereocenters. The fourth-order valence-electron chi connectivity index (χ4n) is 2.37. The number of hydrogen-bond donors (Lipinski definition) is 0. The van der Waals surface area contributed by atoms with Gasteiger partial charge in [-0.1, -0.05) is 0 Å². The van der Waals surface area contributed by atoms with Crippen LogP contribution >= 0.6 is 0 Å². The molecule has 5 heteroatoms. The van der Waals surface area contributed by atoms with Gasteiger partial charge in [-0.05, 0) is 32.5 Å². The van der Waals surface area contributed by atoms with Crippen LogP contribution in [0.3, 0.4) is 0 Å². The molecule has 1 aliphatic heterocycles. The highest BCUT2D eigenvalue weighted by atomic mass is 16.1. The lowest BCUT2D eigenvalue weighted by Crippen LogP contribution is -2.22. The topological polar surface area (TPSA) is 49.3 Å². The molecule has 104 valence electrons. The van der Waals surface area contributed by atoms with Gasteiger partial charge in [0.1, 0.15) is 5.78 Å². The number of aromatic nitrogens is 2. The Hall–Kier alpha value is -1.49. The Kier molecular flexibility index (Phi) is 4.47. The van der Waals surface area contributed by atoms with E-state index in [-0.39, 0.29) is 5.78 Å². The van der Waals surface area contributed by atoms with Gasteiger partial charge in [-0.3, -0.25) is 4.79 Å². The monoisotopic (exact) mass is 262 g/mol. The first-order valence-electron chi connectivity index (χ1n) is 6.77. The molecular formula is C14H22N4O. The Balaban J connectivity index is 1.96. The lowest BCUT2D eigenvalue weighted by atomic mass is 10.0. The first kappa shape index (κ1) is 13.9. The van der Waals surface area contributed by atoms with Crippen LogP contribution in [0.2, 0.25) is 0 Å². The number of carbonyl (C=O) groups is 1. The molecule has 1 aliphatic rings. The van der Waals surface area contributed by atoms with Crippen LogP contribution in [0.4, 0.5) is 5.95 Å². The van der Waals surface area contributed by atoms with Crippen molar-refractivity contribution in [3.63, 3.8) is 0 Å². The molecule has 0 bridgehead atoms. The Labute approximate surface area is 114 Å². The standard InChI is InChI=1S/C14H22N4O/c1-11(19)4-7-18(3)14-15-8-13(9-16-14)12-5-6-17(2)10-12/h8-9,12H,4-7,10H2,1-3H3. The van der Waals surface area contributed by atoms with Crippen molar-refractivity contribution >= 4 is 11.7 Å². The van der Waals surface area contributed by atoms with Crippen molar-refractivity contribution in [2.24, 2.45) is 0 Å². The van der Waals surface area contributed by atoms with Crippen molar-refractivity contribution in [1.29, 1.82) is 0 Å². The van der Waals surface area contributed by atoms with Crippen molar-refractivity contribution in [3.05, 3.63) is 18.0 Å². The summed E-state index contributed by atoms with van der Waals surface area (Å²) in [4.78, 5) is 24.0. The number of Topliss-reactive ketones (excluding diaryl/α,β-unsaturated/α-hetero) is 1. The van der Waals surface area contributed by atoms with E-state index in [0.29, 0.717) is 24.8 Å². The van der Waals surface area contributed by atoms with Crippen molar-refractivity contribution in [2.45, 2.75) is 25.7 Å². The predicted octanol–water partition coefficient (Wildman–Crippen LogP) is 1.31. The third kappa shape index (κ3) is 3.73.